The smallest absolute Gasteiger partial charge is 0.306 e. The molecule has 0 bridgehead atoms. The maximum Gasteiger partial charge on any atom is 0.306 e. The average molecular weight is 376 g/mol. The van der Waals surface area contributed by atoms with Crippen molar-refractivity contribution in [2.24, 2.45) is 22.7 Å². The molecule has 0 aromatic carbocycles. The zero-order valence-corrected chi connectivity index (χ0v) is 16.1. The maximum atomic E-state index is 12.8. The van der Waals surface area contributed by atoms with Crippen molar-refractivity contribution in [3.05, 3.63) is 11.6 Å². The Balaban J connectivity index is 1.78. The van der Waals surface area contributed by atoms with Crippen LogP contribution in [0.4, 0.5) is 0 Å². The summed E-state index contributed by atoms with van der Waals surface area (Å²) in [4.78, 5) is 47.1. The highest BCUT2D eigenvalue weighted by molar-refractivity contribution is 6.05. The van der Waals surface area contributed by atoms with Crippen molar-refractivity contribution in [3.63, 3.8) is 0 Å². The summed E-state index contributed by atoms with van der Waals surface area (Å²) in [6, 6.07) is 0. The number of hydrogen-bond acceptors (Lipinski definition) is 5. The lowest BCUT2D eigenvalue weighted by Crippen LogP contribution is -2.55. The summed E-state index contributed by atoms with van der Waals surface area (Å²) in [6.07, 6.45) is 5.65. The number of carboxylic acid groups (broad SMARTS) is 1. The van der Waals surface area contributed by atoms with Crippen LogP contribution in [0, 0.1) is 22.7 Å². The van der Waals surface area contributed by atoms with Crippen molar-refractivity contribution in [1.29, 1.82) is 0 Å². The second kappa shape index (κ2) is 7.21. The molecule has 2 fully saturated rings. The fourth-order valence-corrected chi connectivity index (χ4v) is 5.66. The van der Waals surface area contributed by atoms with Gasteiger partial charge in [-0.1, -0.05) is 20.3 Å². The molecule has 0 radical (unpaired) electrons. The molecular formula is C21H28O6. The molecule has 27 heavy (non-hydrogen) atoms. The first kappa shape index (κ1) is 19.8. The maximum absolute atomic E-state index is 12.8. The van der Waals surface area contributed by atoms with E-state index in [2.05, 4.69) is 13.8 Å². The summed E-state index contributed by atoms with van der Waals surface area (Å²) < 4.78 is 5.43. The molecule has 0 aromatic rings. The lowest BCUT2D eigenvalue weighted by atomic mass is 9.46. The summed E-state index contributed by atoms with van der Waals surface area (Å²) in [5.74, 6) is -1.23. The fraction of sp³-hybridized carbons (Fsp3) is 0.714. The van der Waals surface area contributed by atoms with E-state index in [1.165, 1.54) is 0 Å². The molecule has 0 heterocycles. The molecule has 0 aliphatic heterocycles. The molecular weight excluding hydrogens is 348 g/mol. The van der Waals surface area contributed by atoms with Crippen molar-refractivity contribution in [1.82, 2.24) is 0 Å². The highest BCUT2D eigenvalue weighted by Gasteiger charge is 2.57. The third-order valence-corrected chi connectivity index (χ3v) is 7.09. The summed E-state index contributed by atoms with van der Waals surface area (Å²) in [6.45, 7) is 4.52. The topological polar surface area (TPSA) is 97.7 Å². The first-order chi connectivity index (χ1) is 12.7. The van der Waals surface area contributed by atoms with Crippen LogP contribution in [-0.2, 0) is 23.9 Å². The number of ketones is 2. The molecule has 0 saturated heterocycles. The highest BCUT2D eigenvalue weighted by Crippen LogP contribution is 2.61. The Hall–Kier alpha value is -1.98. The zero-order chi connectivity index (χ0) is 19.8. The van der Waals surface area contributed by atoms with Gasteiger partial charge in [0.15, 0.2) is 11.6 Å². The van der Waals surface area contributed by atoms with Gasteiger partial charge in [-0.25, -0.2) is 0 Å². The summed E-state index contributed by atoms with van der Waals surface area (Å²) >= 11 is 0. The van der Waals surface area contributed by atoms with E-state index in [4.69, 9.17) is 9.84 Å². The molecule has 148 valence electrons. The van der Waals surface area contributed by atoms with Gasteiger partial charge < -0.3 is 9.84 Å². The predicted molar refractivity (Wildman–Crippen MR) is 96.8 cm³/mol. The third-order valence-electron chi connectivity index (χ3n) is 7.09. The highest BCUT2D eigenvalue weighted by atomic mass is 16.5. The van der Waals surface area contributed by atoms with Gasteiger partial charge in [-0.3, -0.25) is 19.2 Å². The second-order valence-corrected chi connectivity index (χ2v) is 8.90. The molecule has 0 spiro atoms. The molecule has 1 N–H and O–H groups in total. The van der Waals surface area contributed by atoms with Gasteiger partial charge in [0.2, 0.25) is 0 Å². The van der Waals surface area contributed by atoms with Crippen LogP contribution in [0.25, 0.3) is 0 Å². The average Bonchev–Trinajstić information content (AvgIpc) is 2.60. The Morgan fingerprint density at radius 3 is 2.67 bits per heavy atom. The largest absolute Gasteiger partial charge is 0.481 e. The van der Waals surface area contributed by atoms with Crippen LogP contribution in [0.15, 0.2) is 11.6 Å². The van der Waals surface area contributed by atoms with Crippen LogP contribution in [0.1, 0.15) is 65.2 Å². The van der Waals surface area contributed by atoms with Gasteiger partial charge in [0, 0.05) is 23.8 Å². The normalized spacial score (nSPS) is 35.7. The number of carboxylic acids is 1. The minimum atomic E-state index is -1.02. The van der Waals surface area contributed by atoms with E-state index in [1.807, 2.05) is 0 Å². The first-order valence-electron chi connectivity index (χ1n) is 9.81. The van der Waals surface area contributed by atoms with Gasteiger partial charge >= 0.3 is 11.9 Å². The second-order valence-electron chi connectivity index (χ2n) is 8.90. The quantitative estimate of drug-likeness (QED) is 0.741. The summed E-state index contributed by atoms with van der Waals surface area (Å²) in [7, 11) is 0. The number of allylic oxidation sites excluding steroid dienone is 2. The zero-order valence-electron chi connectivity index (χ0n) is 16.1. The molecule has 6 heteroatoms. The number of aliphatic carboxylic acids is 1. The molecule has 2 saturated carbocycles. The van der Waals surface area contributed by atoms with Gasteiger partial charge in [-0.2, -0.15) is 0 Å². The van der Waals surface area contributed by atoms with Crippen LogP contribution in [0.2, 0.25) is 0 Å². The Morgan fingerprint density at radius 1 is 1.22 bits per heavy atom. The van der Waals surface area contributed by atoms with E-state index in [0.29, 0.717) is 18.4 Å². The Labute approximate surface area is 159 Å². The van der Waals surface area contributed by atoms with Gasteiger partial charge in [0.05, 0.1) is 19.4 Å². The molecule has 0 aromatic heterocycles. The summed E-state index contributed by atoms with van der Waals surface area (Å²) in [5, 5.41) is 8.70. The lowest BCUT2D eigenvalue weighted by molar-refractivity contribution is -0.159. The fourth-order valence-electron chi connectivity index (χ4n) is 5.66. The molecule has 3 aliphatic carbocycles. The third kappa shape index (κ3) is 3.71. The van der Waals surface area contributed by atoms with Crippen molar-refractivity contribution in [2.75, 3.05) is 6.61 Å². The summed E-state index contributed by atoms with van der Waals surface area (Å²) in [5.41, 5.74) is 0.308. The number of esters is 1. The molecule has 0 amide bonds. The number of fused-ring (bicyclic) bond motifs is 3. The van der Waals surface area contributed by atoms with Crippen molar-refractivity contribution in [2.45, 2.75) is 65.2 Å². The van der Waals surface area contributed by atoms with Crippen LogP contribution in [0.3, 0.4) is 0 Å². The Kier molecular flexibility index (Phi) is 5.28. The van der Waals surface area contributed by atoms with Crippen LogP contribution in [-0.4, -0.2) is 35.2 Å². The Bertz CT molecular complexity index is 707. The monoisotopic (exact) mass is 376 g/mol. The molecule has 6 nitrogen and oxygen atoms in total. The predicted octanol–water partition coefficient (Wildman–Crippen LogP) is 3.09. The molecule has 3 aliphatic rings. The van der Waals surface area contributed by atoms with Gasteiger partial charge in [0.25, 0.3) is 0 Å². The van der Waals surface area contributed by atoms with E-state index in [-0.39, 0.29) is 53.7 Å². The molecule has 3 rings (SSSR count). The lowest BCUT2D eigenvalue weighted by Gasteiger charge is -2.58. The number of Topliss-reactive ketones (excluding diaryl/α,β-unsaturated/α-hetero) is 1. The van der Waals surface area contributed by atoms with Crippen LogP contribution >= 0.6 is 0 Å². The first-order valence-corrected chi connectivity index (χ1v) is 9.81. The number of carbonyl (C=O) groups excluding carboxylic acids is 3. The van der Waals surface area contributed by atoms with E-state index in [9.17, 15) is 19.2 Å². The van der Waals surface area contributed by atoms with E-state index in [1.54, 1.807) is 6.08 Å². The van der Waals surface area contributed by atoms with Gasteiger partial charge in [0.1, 0.15) is 0 Å². The standard InChI is InChI=1S/C21H28O6/c1-20(12-27-19(26)7-6-18(24)25)8-3-9-21(2)15-5-4-13(22)10-14(15)16(23)11-17(20)21/h10,15,17H,3-9,11-12H2,1-2H3,(H,24,25). The minimum absolute atomic E-state index is 0.0441. The van der Waals surface area contributed by atoms with Crippen molar-refractivity contribution >= 4 is 23.5 Å². The number of ether oxygens (including phenoxy) is 1. The SMILES string of the molecule is CC1(COC(=O)CCC(=O)O)CCCC2(C)C3CCC(=O)C=C3C(=O)CC12. The van der Waals surface area contributed by atoms with Crippen LogP contribution in [0.5, 0.6) is 0 Å². The Morgan fingerprint density at radius 2 is 1.96 bits per heavy atom. The minimum Gasteiger partial charge on any atom is -0.481 e. The number of carbonyl (C=O) groups is 4. The molecule has 4 atom stereocenters. The van der Waals surface area contributed by atoms with Gasteiger partial charge in [-0.05, 0) is 42.6 Å². The number of rotatable bonds is 5. The molecule has 4 unspecified atom stereocenters. The van der Waals surface area contributed by atoms with Crippen molar-refractivity contribution in [3.8, 4) is 0 Å². The van der Waals surface area contributed by atoms with Gasteiger partial charge in [-0.15, -0.1) is 0 Å². The van der Waals surface area contributed by atoms with E-state index in [0.717, 1.165) is 25.7 Å². The van der Waals surface area contributed by atoms with Crippen molar-refractivity contribution < 1.29 is 29.0 Å². The van der Waals surface area contributed by atoms with Crippen LogP contribution < -0.4 is 0 Å². The number of hydrogen-bond donors (Lipinski definition) is 1. The van der Waals surface area contributed by atoms with E-state index < -0.39 is 11.9 Å². The van der Waals surface area contributed by atoms with E-state index >= 15 is 0 Å².